The van der Waals surface area contributed by atoms with Gasteiger partial charge in [0, 0.05) is 6.54 Å². The van der Waals surface area contributed by atoms with Crippen molar-refractivity contribution in [3.05, 3.63) is 0 Å². The lowest BCUT2D eigenvalue weighted by atomic mass is 10.4. The number of hydrogen-bond donors (Lipinski definition) is 1. The van der Waals surface area contributed by atoms with Crippen molar-refractivity contribution in [3.8, 4) is 12.1 Å². The van der Waals surface area contributed by atoms with E-state index < -0.39 is 12.2 Å². The molecule has 64 valence electrons. The fourth-order valence-electron chi connectivity index (χ4n) is 0.457. The lowest BCUT2D eigenvalue weighted by Crippen LogP contribution is -2.28. The third-order valence-electron chi connectivity index (χ3n) is 0.979. The standard InChI is InChI=1S/C7H9N3O2/c1-2-3-10-7(11)12-6(4-8)5-9/h6H,2-3H2,1H3,(H,10,11). The number of rotatable bonds is 3. The Morgan fingerprint density at radius 3 is 2.58 bits per heavy atom. The quantitative estimate of drug-likeness (QED) is 0.664. The van der Waals surface area contributed by atoms with E-state index in [-0.39, 0.29) is 0 Å². The highest BCUT2D eigenvalue weighted by Crippen LogP contribution is 1.88. The van der Waals surface area contributed by atoms with Crippen LogP contribution in [0.15, 0.2) is 0 Å². The number of amides is 1. The largest absolute Gasteiger partial charge is 0.416 e. The Labute approximate surface area is 70.5 Å². The number of ether oxygens (including phenoxy) is 1. The minimum absolute atomic E-state index is 0.475. The molecule has 5 nitrogen and oxygen atoms in total. The molecule has 0 fully saturated rings. The van der Waals surface area contributed by atoms with Crippen molar-refractivity contribution in [2.75, 3.05) is 6.54 Å². The van der Waals surface area contributed by atoms with Crippen molar-refractivity contribution in [2.45, 2.75) is 19.4 Å². The minimum atomic E-state index is -1.32. The van der Waals surface area contributed by atoms with Crippen LogP contribution in [0.4, 0.5) is 4.79 Å². The Morgan fingerprint density at radius 1 is 1.58 bits per heavy atom. The van der Waals surface area contributed by atoms with E-state index in [4.69, 9.17) is 10.5 Å². The van der Waals surface area contributed by atoms with Crippen LogP contribution in [0.3, 0.4) is 0 Å². The molecule has 0 bridgehead atoms. The van der Waals surface area contributed by atoms with Crippen LogP contribution in [-0.4, -0.2) is 18.7 Å². The molecule has 1 N–H and O–H groups in total. The number of nitrogens with one attached hydrogen (secondary N) is 1. The maximum absolute atomic E-state index is 10.7. The summed E-state index contributed by atoms with van der Waals surface area (Å²) in [5, 5.41) is 18.8. The summed E-state index contributed by atoms with van der Waals surface area (Å²) in [5.74, 6) is 0. The molecule has 0 aromatic heterocycles. The second-order valence-electron chi connectivity index (χ2n) is 1.97. The number of alkyl carbamates (subject to hydrolysis) is 1. The maximum atomic E-state index is 10.7. The smallest absolute Gasteiger partial charge is 0.409 e. The summed E-state index contributed by atoms with van der Waals surface area (Å²) in [4.78, 5) is 10.7. The number of carbonyl (C=O) groups excluding carboxylic acids is 1. The van der Waals surface area contributed by atoms with Gasteiger partial charge in [-0.25, -0.2) is 4.79 Å². The number of nitrogens with zero attached hydrogens (tertiary/aromatic N) is 2. The Balaban J connectivity index is 3.71. The van der Waals surface area contributed by atoms with Crippen LogP contribution in [0.2, 0.25) is 0 Å². The van der Waals surface area contributed by atoms with Crippen molar-refractivity contribution in [3.63, 3.8) is 0 Å². The van der Waals surface area contributed by atoms with Gasteiger partial charge in [-0.1, -0.05) is 6.92 Å². The fourth-order valence-corrected chi connectivity index (χ4v) is 0.457. The lowest BCUT2D eigenvalue weighted by molar-refractivity contribution is 0.141. The summed E-state index contributed by atoms with van der Waals surface area (Å²) >= 11 is 0. The molecule has 0 aliphatic rings. The van der Waals surface area contributed by atoms with E-state index in [0.29, 0.717) is 6.54 Å². The van der Waals surface area contributed by atoms with Gasteiger partial charge in [0.15, 0.2) is 0 Å². The molecule has 5 heteroatoms. The predicted octanol–water partition coefficient (Wildman–Crippen LogP) is 0.538. The lowest BCUT2D eigenvalue weighted by Gasteiger charge is -2.04. The van der Waals surface area contributed by atoms with Crippen molar-refractivity contribution in [2.24, 2.45) is 0 Å². The van der Waals surface area contributed by atoms with Crippen LogP contribution in [0.1, 0.15) is 13.3 Å². The van der Waals surface area contributed by atoms with E-state index in [2.05, 4.69) is 10.1 Å². The van der Waals surface area contributed by atoms with Gasteiger partial charge in [0.2, 0.25) is 0 Å². The molecule has 1 amide bonds. The summed E-state index contributed by atoms with van der Waals surface area (Å²) in [7, 11) is 0. The van der Waals surface area contributed by atoms with Gasteiger partial charge in [-0.15, -0.1) is 0 Å². The van der Waals surface area contributed by atoms with Crippen molar-refractivity contribution in [1.82, 2.24) is 5.32 Å². The molecule has 0 aliphatic carbocycles. The zero-order valence-corrected chi connectivity index (χ0v) is 6.70. The molecule has 0 saturated heterocycles. The van der Waals surface area contributed by atoms with E-state index in [1.807, 2.05) is 6.92 Å². The summed E-state index contributed by atoms with van der Waals surface area (Å²) < 4.78 is 4.38. The van der Waals surface area contributed by atoms with Crippen LogP contribution >= 0.6 is 0 Å². The Kier molecular flexibility index (Phi) is 5.12. The maximum Gasteiger partial charge on any atom is 0.409 e. The molecule has 0 radical (unpaired) electrons. The van der Waals surface area contributed by atoms with Crippen LogP contribution in [-0.2, 0) is 4.74 Å². The molecule has 0 aromatic carbocycles. The Morgan fingerprint density at radius 2 is 2.17 bits per heavy atom. The minimum Gasteiger partial charge on any atom is -0.416 e. The average molecular weight is 167 g/mol. The van der Waals surface area contributed by atoms with Crippen LogP contribution < -0.4 is 5.32 Å². The molecule has 0 aliphatic heterocycles. The van der Waals surface area contributed by atoms with Crippen molar-refractivity contribution < 1.29 is 9.53 Å². The van der Waals surface area contributed by atoms with Crippen LogP contribution in [0, 0.1) is 22.7 Å². The number of hydrogen-bond acceptors (Lipinski definition) is 4. The molecule has 0 unspecified atom stereocenters. The molecule has 0 spiro atoms. The van der Waals surface area contributed by atoms with E-state index in [1.165, 1.54) is 12.1 Å². The van der Waals surface area contributed by atoms with E-state index >= 15 is 0 Å². The zero-order chi connectivity index (χ0) is 9.40. The number of nitriles is 2. The van der Waals surface area contributed by atoms with Gasteiger partial charge >= 0.3 is 6.09 Å². The highest BCUT2D eigenvalue weighted by atomic mass is 16.6. The third-order valence-corrected chi connectivity index (χ3v) is 0.979. The highest BCUT2D eigenvalue weighted by Gasteiger charge is 2.10. The van der Waals surface area contributed by atoms with Crippen LogP contribution in [0.25, 0.3) is 0 Å². The van der Waals surface area contributed by atoms with E-state index in [0.717, 1.165) is 6.42 Å². The van der Waals surface area contributed by atoms with Gasteiger partial charge in [0.05, 0.1) is 0 Å². The van der Waals surface area contributed by atoms with Crippen LogP contribution in [0.5, 0.6) is 0 Å². The van der Waals surface area contributed by atoms with Crippen molar-refractivity contribution >= 4 is 6.09 Å². The second kappa shape index (κ2) is 5.99. The molecule has 0 rings (SSSR count). The summed E-state index contributed by atoms with van der Waals surface area (Å²) in [6.07, 6.45) is -1.27. The van der Waals surface area contributed by atoms with E-state index in [1.54, 1.807) is 0 Å². The van der Waals surface area contributed by atoms with Gasteiger partial charge in [-0.3, -0.25) is 0 Å². The van der Waals surface area contributed by atoms with Gasteiger partial charge in [-0.2, -0.15) is 10.5 Å². The first kappa shape index (κ1) is 10.2. The molecule has 0 atom stereocenters. The van der Waals surface area contributed by atoms with Gasteiger partial charge in [0.25, 0.3) is 6.10 Å². The molecule has 0 heterocycles. The van der Waals surface area contributed by atoms with Gasteiger partial charge in [0.1, 0.15) is 12.1 Å². The molecule has 12 heavy (non-hydrogen) atoms. The summed E-state index contributed by atoms with van der Waals surface area (Å²) in [5.41, 5.74) is 0. The van der Waals surface area contributed by atoms with Crippen molar-refractivity contribution in [1.29, 1.82) is 10.5 Å². The molecule has 0 aromatic rings. The first-order chi connectivity index (χ1) is 5.74. The normalized spacial score (nSPS) is 8.33. The topological polar surface area (TPSA) is 85.9 Å². The third kappa shape index (κ3) is 4.13. The highest BCUT2D eigenvalue weighted by molar-refractivity contribution is 5.67. The molecular formula is C7H9N3O2. The SMILES string of the molecule is CCCNC(=O)OC(C#N)C#N. The fraction of sp³-hybridized carbons (Fsp3) is 0.571. The first-order valence-corrected chi connectivity index (χ1v) is 3.48. The Hall–Kier alpha value is -1.75. The van der Waals surface area contributed by atoms with E-state index in [9.17, 15) is 4.79 Å². The first-order valence-electron chi connectivity index (χ1n) is 3.48. The number of carbonyl (C=O) groups is 1. The predicted molar refractivity (Wildman–Crippen MR) is 39.8 cm³/mol. The summed E-state index contributed by atoms with van der Waals surface area (Å²) in [6, 6.07) is 3.03. The average Bonchev–Trinajstić information content (AvgIpc) is 2.10. The summed E-state index contributed by atoms with van der Waals surface area (Å²) in [6.45, 7) is 2.36. The Bertz CT molecular complexity index is 212. The molecular weight excluding hydrogens is 158 g/mol. The van der Waals surface area contributed by atoms with Gasteiger partial charge in [-0.05, 0) is 6.42 Å². The molecule has 0 saturated carbocycles. The monoisotopic (exact) mass is 167 g/mol. The second-order valence-corrected chi connectivity index (χ2v) is 1.97. The van der Waals surface area contributed by atoms with Gasteiger partial charge < -0.3 is 10.1 Å². The zero-order valence-electron chi connectivity index (χ0n) is 6.70.